The molecule has 0 aromatic heterocycles. The molecule has 0 bridgehead atoms. The first-order valence-electron chi connectivity index (χ1n) is 10.4. The van der Waals surface area contributed by atoms with Gasteiger partial charge in [0.15, 0.2) is 6.10 Å². The Balaban J connectivity index is 1.71. The average molecular weight is 417 g/mol. The lowest BCUT2D eigenvalue weighted by molar-refractivity contribution is -0.122. The van der Waals surface area contributed by atoms with Crippen LogP contribution in [0.15, 0.2) is 72.8 Å². The van der Waals surface area contributed by atoms with Crippen molar-refractivity contribution in [1.29, 1.82) is 0 Å². The summed E-state index contributed by atoms with van der Waals surface area (Å²) in [5.41, 5.74) is 3.79. The number of amides is 2. The molecule has 0 spiro atoms. The van der Waals surface area contributed by atoms with E-state index in [9.17, 15) is 9.59 Å². The van der Waals surface area contributed by atoms with Gasteiger partial charge in [-0.25, -0.2) is 0 Å². The first kappa shape index (κ1) is 22.1. The standard InChI is InChI=1S/C26H28N2O3/c1-17-11-10-12-18(2)24(17)31-20(4)25(29)28-23-16-9-8-15-22(23)26(30)27-19(3)21-13-6-5-7-14-21/h5-16,19-20H,1-4H3,(H,27,30)(H,28,29)/t19-,20+/m0/s1. The van der Waals surface area contributed by atoms with Gasteiger partial charge in [0.25, 0.3) is 11.8 Å². The van der Waals surface area contributed by atoms with E-state index in [-0.39, 0.29) is 17.9 Å². The summed E-state index contributed by atoms with van der Waals surface area (Å²) in [6.45, 7) is 7.51. The van der Waals surface area contributed by atoms with Crippen molar-refractivity contribution >= 4 is 17.5 Å². The number of ether oxygens (including phenoxy) is 1. The maximum atomic E-state index is 12.9. The number of rotatable bonds is 7. The fourth-order valence-electron chi connectivity index (χ4n) is 3.34. The molecule has 2 amide bonds. The monoisotopic (exact) mass is 416 g/mol. The Morgan fingerprint density at radius 3 is 2.10 bits per heavy atom. The zero-order chi connectivity index (χ0) is 22.4. The molecule has 0 unspecified atom stereocenters. The molecule has 2 N–H and O–H groups in total. The van der Waals surface area contributed by atoms with Crippen LogP contribution in [-0.4, -0.2) is 17.9 Å². The fraction of sp³-hybridized carbons (Fsp3) is 0.231. The van der Waals surface area contributed by atoms with Crippen molar-refractivity contribution < 1.29 is 14.3 Å². The first-order valence-corrected chi connectivity index (χ1v) is 10.4. The van der Waals surface area contributed by atoms with Crippen LogP contribution in [0.25, 0.3) is 0 Å². The number of hydrogen-bond acceptors (Lipinski definition) is 3. The predicted molar refractivity (Wildman–Crippen MR) is 123 cm³/mol. The third kappa shape index (κ3) is 5.51. The SMILES string of the molecule is Cc1cccc(C)c1O[C@H](C)C(=O)Nc1ccccc1C(=O)N[C@@H](C)c1ccccc1. The molecule has 0 fully saturated rings. The molecule has 160 valence electrons. The number of anilines is 1. The van der Waals surface area contributed by atoms with Crippen LogP contribution in [0, 0.1) is 13.8 Å². The van der Waals surface area contributed by atoms with Crippen LogP contribution >= 0.6 is 0 Å². The predicted octanol–water partition coefficient (Wildman–Crippen LogP) is 5.20. The van der Waals surface area contributed by atoms with E-state index in [0.717, 1.165) is 16.7 Å². The molecular weight excluding hydrogens is 388 g/mol. The minimum absolute atomic E-state index is 0.163. The van der Waals surface area contributed by atoms with Crippen LogP contribution in [0.3, 0.4) is 0 Å². The van der Waals surface area contributed by atoms with Crippen LogP contribution in [0.1, 0.15) is 46.9 Å². The van der Waals surface area contributed by atoms with Crippen molar-refractivity contribution in [1.82, 2.24) is 5.32 Å². The van der Waals surface area contributed by atoms with Crippen molar-refractivity contribution in [2.45, 2.75) is 39.8 Å². The van der Waals surface area contributed by atoms with Gasteiger partial charge >= 0.3 is 0 Å². The molecule has 3 rings (SSSR count). The summed E-state index contributed by atoms with van der Waals surface area (Å²) in [7, 11) is 0. The Labute approximate surface area is 183 Å². The molecule has 0 aliphatic carbocycles. The first-order chi connectivity index (χ1) is 14.9. The van der Waals surface area contributed by atoms with Crippen LogP contribution in [-0.2, 0) is 4.79 Å². The van der Waals surface area contributed by atoms with Crippen molar-refractivity contribution in [2.75, 3.05) is 5.32 Å². The van der Waals surface area contributed by atoms with Gasteiger partial charge in [0.2, 0.25) is 0 Å². The topological polar surface area (TPSA) is 67.4 Å². The highest BCUT2D eigenvalue weighted by Gasteiger charge is 2.20. The second-order valence-electron chi connectivity index (χ2n) is 7.62. The molecule has 2 atom stereocenters. The van der Waals surface area contributed by atoms with E-state index in [4.69, 9.17) is 4.74 Å². The summed E-state index contributed by atoms with van der Waals surface area (Å²) in [5, 5.41) is 5.83. The maximum absolute atomic E-state index is 12.9. The van der Waals surface area contributed by atoms with Gasteiger partial charge in [-0.1, -0.05) is 60.7 Å². The normalized spacial score (nSPS) is 12.5. The Kier molecular flexibility index (Phi) is 7.08. The highest BCUT2D eigenvalue weighted by molar-refractivity contribution is 6.04. The third-order valence-electron chi connectivity index (χ3n) is 5.15. The molecule has 0 radical (unpaired) electrons. The molecule has 5 nitrogen and oxygen atoms in total. The number of para-hydroxylation sites is 2. The summed E-state index contributed by atoms with van der Waals surface area (Å²) in [6.07, 6.45) is -0.723. The number of carbonyl (C=O) groups is 2. The number of benzene rings is 3. The zero-order valence-corrected chi connectivity index (χ0v) is 18.3. The largest absolute Gasteiger partial charge is 0.480 e. The van der Waals surface area contributed by atoms with Crippen LogP contribution < -0.4 is 15.4 Å². The number of nitrogens with one attached hydrogen (secondary N) is 2. The summed E-state index contributed by atoms with van der Waals surface area (Å²) >= 11 is 0. The van der Waals surface area contributed by atoms with Gasteiger partial charge in [-0.15, -0.1) is 0 Å². The summed E-state index contributed by atoms with van der Waals surface area (Å²) in [6, 6.07) is 22.4. The van der Waals surface area contributed by atoms with Gasteiger partial charge in [-0.3, -0.25) is 9.59 Å². The molecule has 0 saturated carbocycles. The summed E-state index contributed by atoms with van der Waals surface area (Å²) < 4.78 is 5.92. The lowest BCUT2D eigenvalue weighted by atomic mass is 10.1. The van der Waals surface area contributed by atoms with Crippen LogP contribution in [0.2, 0.25) is 0 Å². The zero-order valence-electron chi connectivity index (χ0n) is 18.3. The Morgan fingerprint density at radius 1 is 0.806 bits per heavy atom. The highest BCUT2D eigenvalue weighted by atomic mass is 16.5. The highest BCUT2D eigenvalue weighted by Crippen LogP contribution is 2.24. The molecule has 0 saturated heterocycles. The second kappa shape index (κ2) is 9.94. The molecular formula is C26H28N2O3. The average Bonchev–Trinajstić information content (AvgIpc) is 2.77. The third-order valence-corrected chi connectivity index (χ3v) is 5.15. The van der Waals surface area contributed by atoms with Gasteiger partial charge in [0.1, 0.15) is 5.75 Å². The van der Waals surface area contributed by atoms with Crippen LogP contribution in [0.5, 0.6) is 5.75 Å². The van der Waals surface area contributed by atoms with E-state index in [2.05, 4.69) is 10.6 Å². The van der Waals surface area contributed by atoms with Gasteiger partial charge in [0, 0.05) is 0 Å². The van der Waals surface area contributed by atoms with Crippen molar-refractivity contribution in [2.24, 2.45) is 0 Å². The molecule has 31 heavy (non-hydrogen) atoms. The smallest absolute Gasteiger partial charge is 0.265 e. The quantitative estimate of drug-likeness (QED) is 0.556. The molecule has 3 aromatic rings. The lowest BCUT2D eigenvalue weighted by Gasteiger charge is -2.19. The van der Waals surface area contributed by atoms with Gasteiger partial charge < -0.3 is 15.4 Å². The second-order valence-corrected chi connectivity index (χ2v) is 7.62. The van der Waals surface area contributed by atoms with Crippen LogP contribution in [0.4, 0.5) is 5.69 Å². The van der Waals surface area contributed by atoms with Gasteiger partial charge in [-0.2, -0.15) is 0 Å². The van der Waals surface area contributed by atoms with Gasteiger partial charge in [-0.05, 0) is 56.5 Å². The maximum Gasteiger partial charge on any atom is 0.265 e. The van der Waals surface area contributed by atoms with Crippen molar-refractivity contribution in [3.8, 4) is 5.75 Å². The van der Waals surface area contributed by atoms with Crippen molar-refractivity contribution in [3.63, 3.8) is 0 Å². The van der Waals surface area contributed by atoms with E-state index in [1.807, 2.05) is 69.3 Å². The Hall–Kier alpha value is -3.60. The molecule has 0 aliphatic heterocycles. The molecule has 0 aliphatic rings. The molecule has 5 heteroatoms. The minimum Gasteiger partial charge on any atom is -0.480 e. The van der Waals surface area contributed by atoms with E-state index >= 15 is 0 Å². The van der Waals surface area contributed by atoms with E-state index in [0.29, 0.717) is 17.0 Å². The van der Waals surface area contributed by atoms with Gasteiger partial charge in [0.05, 0.1) is 17.3 Å². The van der Waals surface area contributed by atoms with E-state index in [1.54, 1.807) is 31.2 Å². The van der Waals surface area contributed by atoms with E-state index < -0.39 is 6.10 Å². The number of carbonyl (C=O) groups excluding carboxylic acids is 2. The molecule has 0 heterocycles. The number of aryl methyl sites for hydroxylation is 2. The fourth-order valence-corrected chi connectivity index (χ4v) is 3.34. The van der Waals surface area contributed by atoms with Crippen molar-refractivity contribution in [3.05, 3.63) is 95.1 Å². The Morgan fingerprint density at radius 2 is 1.42 bits per heavy atom. The Bertz CT molecular complexity index is 1040. The minimum atomic E-state index is -0.723. The number of hydrogen-bond donors (Lipinski definition) is 2. The van der Waals surface area contributed by atoms with E-state index in [1.165, 1.54) is 0 Å². The lowest BCUT2D eigenvalue weighted by Crippen LogP contribution is -2.32. The summed E-state index contributed by atoms with van der Waals surface area (Å²) in [5.74, 6) is 0.127. The molecule has 3 aromatic carbocycles. The summed E-state index contributed by atoms with van der Waals surface area (Å²) in [4.78, 5) is 25.7.